The van der Waals surface area contributed by atoms with Gasteiger partial charge in [0.25, 0.3) is 0 Å². The van der Waals surface area contributed by atoms with Crippen molar-refractivity contribution in [2.45, 2.75) is 20.0 Å². The first-order valence-electron chi connectivity index (χ1n) is 5.72. The molecular formula is C13H15ClN2OS. The first-order chi connectivity index (χ1) is 8.70. The van der Waals surface area contributed by atoms with Gasteiger partial charge in [0.1, 0.15) is 17.4 Å². The third-order valence-electron chi connectivity index (χ3n) is 2.47. The highest BCUT2D eigenvalue weighted by atomic mass is 35.5. The van der Waals surface area contributed by atoms with Gasteiger partial charge in [-0.05, 0) is 31.5 Å². The molecule has 0 fully saturated rings. The van der Waals surface area contributed by atoms with Crippen molar-refractivity contribution in [2.75, 3.05) is 6.54 Å². The molecule has 0 saturated carbocycles. The Labute approximate surface area is 116 Å². The average Bonchev–Trinajstić information content (AvgIpc) is 2.75. The summed E-state index contributed by atoms with van der Waals surface area (Å²) in [7, 11) is 0. The molecule has 3 nitrogen and oxygen atoms in total. The molecule has 1 aromatic carbocycles. The molecule has 96 valence electrons. The van der Waals surface area contributed by atoms with Gasteiger partial charge in [0.2, 0.25) is 0 Å². The van der Waals surface area contributed by atoms with Crippen LogP contribution < -0.4 is 10.5 Å². The molecule has 0 aliphatic rings. The number of nitrogens with two attached hydrogens (primary N) is 1. The van der Waals surface area contributed by atoms with Crippen molar-refractivity contribution in [3.8, 4) is 5.75 Å². The topological polar surface area (TPSA) is 48.1 Å². The summed E-state index contributed by atoms with van der Waals surface area (Å²) in [6.07, 6.45) is 0.757. The third-order valence-corrected chi connectivity index (χ3v) is 3.71. The predicted molar refractivity (Wildman–Crippen MR) is 75.4 cm³/mol. The van der Waals surface area contributed by atoms with Crippen molar-refractivity contribution in [3.05, 3.63) is 44.9 Å². The highest BCUT2D eigenvalue weighted by Crippen LogP contribution is 2.29. The number of halogens is 1. The highest BCUT2D eigenvalue weighted by molar-refractivity contribution is 7.09. The van der Waals surface area contributed by atoms with Crippen LogP contribution in [0.4, 0.5) is 0 Å². The quantitative estimate of drug-likeness (QED) is 0.916. The van der Waals surface area contributed by atoms with Crippen LogP contribution in [0.3, 0.4) is 0 Å². The number of hydrogen-bond acceptors (Lipinski definition) is 4. The lowest BCUT2D eigenvalue weighted by Crippen LogP contribution is -2.05. The molecule has 0 bridgehead atoms. The zero-order valence-electron chi connectivity index (χ0n) is 10.1. The minimum absolute atomic E-state index is 0.444. The Morgan fingerprint density at radius 1 is 1.44 bits per heavy atom. The summed E-state index contributed by atoms with van der Waals surface area (Å²) < 4.78 is 5.78. The molecule has 0 saturated heterocycles. The summed E-state index contributed by atoms with van der Waals surface area (Å²) in [5, 5.41) is 3.58. The van der Waals surface area contributed by atoms with Crippen LogP contribution in [0.15, 0.2) is 23.6 Å². The molecule has 0 amide bonds. The maximum atomic E-state index is 6.15. The van der Waals surface area contributed by atoms with Gasteiger partial charge in [-0.15, -0.1) is 11.3 Å². The lowest BCUT2D eigenvalue weighted by Gasteiger charge is -2.11. The Balaban J connectivity index is 2.12. The monoisotopic (exact) mass is 282 g/mol. The summed E-state index contributed by atoms with van der Waals surface area (Å²) in [6, 6.07) is 5.72. The SMILES string of the molecule is Cc1csc(COc2c(Cl)cccc2CCN)n1. The van der Waals surface area contributed by atoms with Crippen LogP contribution in [0.25, 0.3) is 0 Å². The van der Waals surface area contributed by atoms with Crippen LogP contribution in [-0.4, -0.2) is 11.5 Å². The van der Waals surface area contributed by atoms with Crippen LogP contribution >= 0.6 is 22.9 Å². The zero-order valence-corrected chi connectivity index (χ0v) is 11.7. The molecule has 5 heteroatoms. The molecule has 2 rings (SSSR count). The fourth-order valence-corrected chi connectivity index (χ4v) is 2.60. The van der Waals surface area contributed by atoms with Crippen LogP contribution in [-0.2, 0) is 13.0 Å². The summed E-state index contributed by atoms with van der Waals surface area (Å²) in [6.45, 7) is 2.99. The number of rotatable bonds is 5. The molecule has 0 aliphatic heterocycles. The number of thiazole rings is 1. The van der Waals surface area contributed by atoms with E-state index in [1.54, 1.807) is 11.3 Å². The van der Waals surface area contributed by atoms with Crippen molar-refractivity contribution in [1.29, 1.82) is 0 Å². The summed E-state index contributed by atoms with van der Waals surface area (Å²) in [5.74, 6) is 0.720. The predicted octanol–water partition coefficient (Wildman–Crippen LogP) is 3.19. The molecule has 1 heterocycles. The minimum atomic E-state index is 0.444. The van der Waals surface area contributed by atoms with Crippen LogP contribution in [0.1, 0.15) is 16.3 Å². The van der Waals surface area contributed by atoms with Gasteiger partial charge >= 0.3 is 0 Å². The van der Waals surface area contributed by atoms with Crippen LogP contribution in [0.2, 0.25) is 5.02 Å². The number of benzene rings is 1. The summed E-state index contributed by atoms with van der Waals surface area (Å²) >= 11 is 7.74. The van der Waals surface area contributed by atoms with Crippen molar-refractivity contribution in [3.63, 3.8) is 0 Å². The Bertz CT molecular complexity index is 527. The first kappa shape index (κ1) is 13.3. The van der Waals surface area contributed by atoms with E-state index in [9.17, 15) is 0 Å². The van der Waals surface area contributed by atoms with Gasteiger partial charge in [-0.3, -0.25) is 0 Å². The van der Waals surface area contributed by atoms with Crippen molar-refractivity contribution >= 4 is 22.9 Å². The Morgan fingerprint density at radius 3 is 2.94 bits per heavy atom. The fourth-order valence-electron chi connectivity index (χ4n) is 1.67. The van der Waals surface area contributed by atoms with E-state index in [-0.39, 0.29) is 0 Å². The number of nitrogens with zero attached hydrogens (tertiary/aromatic N) is 1. The maximum absolute atomic E-state index is 6.15. The van der Waals surface area contributed by atoms with Gasteiger partial charge in [-0.2, -0.15) is 0 Å². The maximum Gasteiger partial charge on any atom is 0.141 e. The molecule has 2 aromatic rings. The lowest BCUT2D eigenvalue weighted by molar-refractivity contribution is 0.302. The van der Waals surface area contributed by atoms with E-state index in [2.05, 4.69) is 4.98 Å². The van der Waals surface area contributed by atoms with Gasteiger partial charge in [0.15, 0.2) is 0 Å². The minimum Gasteiger partial charge on any atom is -0.485 e. The number of para-hydroxylation sites is 1. The fraction of sp³-hybridized carbons (Fsp3) is 0.308. The third kappa shape index (κ3) is 3.22. The van der Waals surface area contributed by atoms with E-state index in [1.165, 1.54) is 0 Å². The molecule has 0 spiro atoms. The van der Waals surface area contributed by atoms with Gasteiger partial charge in [0, 0.05) is 11.1 Å². The number of ether oxygens (including phenoxy) is 1. The number of hydrogen-bond donors (Lipinski definition) is 1. The van der Waals surface area contributed by atoms with Gasteiger partial charge < -0.3 is 10.5 Å². The molecule has 18 heavy (non-hydrogen) atoms. The average molecular weight is 283 g/mol. The van der Waals surface area contributed by atoms with E-state index in [0.717, 1.165) is 28.4 Å². The second kappa shape index (κ2) is 6.18. The van der Waals surface area contributed by atoms with E-state index >= 15 is 0 Å². The second-order valence-corrected chi connectivity index (χ2v) is 5.29. The van der Waals surface area contributed by atoms with E-state index in [4.69, 9.17) is 22.1 Å². The highest BCUT2D eigenvalue weighted by Gasteiger charge is 2.09. The van der Waals surface area contributed by atoms with E-state index < -0.39 is 0 Å². The first-order valence-corrected chi connectivity index (χ1v) is 6.97. The largest absolute Gasteiger partial charge is 0.485 e. The normalized spacial score (nSPS) is 10.6. The lowest BCUT2D eigenvalue weighted by atomic mass is 10.1. The van der Waals surface area contributed by atoms with Crippen molar-refractivity contribution < 1.29 is 4.74 Å². The Hall–Kier alpha value is -1.10. The molecule has 0 radical (unpaired) electrons. The van der Waals surface area contributed by atoms with Gasteiger partial charge in [-0.25, -0.2) is 4.98 Å². The Morgan fingerprint density at radius 2 is 2.28 bits per heavy atom. The van der Waals surface area contributed by atoms with Crippen LogP contribution in [0.5, 0.6) is 5.75 Å². The molecule has 1 aromatic heterocycles. The molecule has 2 N–H and O–H groups in total. The van der Waals surface area contributed by atoms with Crippen molar-refractivity contribution in [1.82, 2.24) is 4.98 Å². The molecule has 0 atom stereocenters. The standard InChI is InChI=1S/C13H15ClN2OS/c1-9-8-18-12(16-9)7-17-13-10(5-6-15)3-2-4-11(13)14/h2-4,8H,5-7,15H2,1H3. The zero-order chi connectivity index (χ0) is 13.0. The second-order valence-electron chi connectivity index (χ2n) is 3.94. The molecule has 0 unspecified atom stereocenters. The summed E-state index contributed by atoms with van der Waals surface area (Å²) in [4.78, 5) is 4.36. The molecular weight excluding hydrogens is 268 g/mol. The van der Waals surface area contributed by atoms with Gasteiger partial charge in [0.05, 0.1) is 5.02 Å². The molecule has 0 aliphatic carbocycles. The number of aromatic nitrogens is 1. The van der Waals surface area contributed by atoms with Crippen LogP contribution in [0, 0.1) is 6.92 Å². The summed E-state index contributed by atoms with van der Waals surface area (Å²) in [5.41, 5.74) is 7.64. The Kier molecular flexibility index (Phi) is 4.58. The van der Waals surface area contributed by atoms with Crippen molar-refractivity contribution in [2.24, 2.45) is 5.73 Å². The van der Waals surface area contributed by atoms with Gasteiger partial charge in [-0.1, -0.05) is 23.7 Å². The number of aryl methyl sites for hydroxylation is 1. The van der Waals surface area contributed by atoms with E-state index in [1.807, 2.05) is 30.5 Å². The van der Waals surface area contributed by atoms with E-state index in [0.29, 0.717) is 18.2 Å². The smallest absolute Gasteiger partial charge is 0.141 e.